The van der Waals surface area contributed by atoms with Gasteiger partial charge in [-0.2, -0.15) is 0 Å². The zero-order valence-corrected chi connectivity index (χ0v) is 6.93. The Labute approximate surface area is 67.9 Å². The second-order valence-electron chi connectivity index (χ2n) is 2.89. The van der Waals surface area contributed by atoms with Crippen LogP contribution in [0.1, 0.15) is 26.2 Å². The summed E-state index contributed by atoms with van der Waals surface area (Å²) in [4.78, 5) is 0. The molecule has 0 spiro atoms. The van der Waals surface area contributed by atoms with Crippen LogP contribution in [-0.4, -0.2) is 19.0 Å². The minimum absolute atomic E-state index is 0.350. The highest BCUT2D eigenvalue weighted by Crippen LogP contribution is 2.25. The average molecular weight is 154 g/mol. The van der Waals surface area contributed by atoms with E-state index in [2.05, 4.69) is 5.92 Å². The maximum Gasteiger partial charge on any atom is 0.165 e. The fourth-order valence-electron chi connectivity index (χ4n) is 1.19. The van der Waals surface area contributed by atoms with E-state index >= 15 is 0 Å². The number of terminal acetylenes is 1. The standard InChI is InChI=1S/C9H14O2/c1-3-4-7-10-9(2)6-5-8-11-9/h1H,4-8H2,2H3. The molecule has 0 bridgehead atoms. The molecule has 0 saturated carbocycles. The summed E-state index contributed by atoms with van der Waals surface area (Å²) in [5.41, 5.74) is 0. The Kier molecular flexibility index (Phi) is 2.92. The predicted molar refractivity (Wildman–Crippen MR) is 43.0 cm³/mol. The Balaban J connectivity index is 2.19. The van der Waals surface area contributed by atoms with Gasteiger partial charge in [-0.15, -0.1) is 12.3 Å². The molecule has 0 aromatic carbocycles. The number of hydrogen-bond donors (Lipinski definition) is 0. The van der Waals surface area contributed by atoms with Gasteiger partial charge in [-0.05, 0) is 13.3 Å². The van der Waals surface area contributed by atoms with Crippen LogP contribution < -0.4 is 0 Å². The van der Waals surface area contributed by atoms with Crippen LogP contribution in [0.3, 0.4) is 0 Å². The molecule has 0 aromatic heterocycles. The summed E-state index contributed by atoms with van der Waals surface area (Å²) in [5.74, 6) is 2.18. The topological polar surface area (TPSA) is 18.5 Å². The SMILES string of the molecule is C#CCCOC1(C)CCCO1. The van der Waals surface area contributed by atoms with E-state index < -0.39 is 0 Å². The van der Waals surface area contributed by atoms with Crippen molar-refractivity contribution in [2.45, 2.75) is 32.0 Å². The van der Waals surface area contributed by atoms with Gasteiger partial charge < -0.3 is 9.47 Å². The molecule has 2 heteroatoms. The summed E-state index contributed by atoms with van der Waals surface area (Å²) in [5, 5.41) is 0. The van der Waals surface area contributed by atoms with Gasteiger partial charge in [-0.3, -0.25) is 0 Å². The minimum atomic E-state index is -0.350. The highest BCUT2D eigenvalue weighted by molar-refractivity contribution is 4.83. The van der Waals surface area contributed by atoms with Gasteiger partial charge in [-0.25, -0.2) is 0 Å². The first-order chi connectivity index (χ1) is 5.27. The molecule has 11 heavy (non-hydrogen) atoms. The van der Waals surface area contributed by atoms with E-state index in [0.717, 1.165) is 19.4 Å². The smallest absolute Gasteiger partial charge is 0.165 e. The third-order valence-corrected chi connectivity index (χ3v) is 1.84. The molecule has 1 heterocycles. The van der Waals surface area contributed by atoms with E-state index in [4.69, 9.17) is 15.9 Å². The molecule has 0 aromatic rings. The summed E-state index contributed by atoms with van der Waals surface area (Å²) in [7, 11) is 0. The van der Waals surface area contributed by atoms with Crippen molar-refractivity contribution in [1.29, 1.82) is 0 Å². The van der Waals surface area contributed by atoms with Crippen LogP contribution in [0.15, 0.2) is 0 Å². The predicted octanol–water partition coefficient (Wildman–Crippen LogP) is 1.55. The zero-order valence-electron chi connectivity index (χ0n) is 6.93. The van der Waals surface area contributed by atoms with Crippen molar-refractivity contribution in [3.05, 3.63) is 0 Å². The van der Waals surface area contributed by atoms with E-state index in [-0.39, 0.29) is 5.79 Å². The number of hydrogen-bond acceptors (Lipinski definition) is 2. The molecule has 1 atom stereocenters. The summed E-state index contributed by atoms with van der Waals surface area (Å²) in [6.07, 6.45) is 7.82. The van der Waals surface area contributed by atoms with Gasteiger partial charge in [0.05, 0.1) is 13.2 Å². The molecule has 2 nitrogen and oxygen atoms in total. The van der Waals surface area contributed by atoms with Gasteiger partial charge in [0.25, 0.3) is 0 Å². The largest absolute Gasteiger partial charge is 0.350 e. The molecule has 0 aliphatic carbocycles. The van der Waals surface area contributed by atoms with Gasteiger partial charge in [0.2, 0.25) is 0 Å². The lowest BCUT2D eigenvalue weighted by atomic mass is 10.2. The molecule has 0 N–H and O–H groups in total. The van der Waals surface area contributed by atoms with Crippen molar-refractivity contribution < 1.29 is 9.47 Å². The molecule has 1 saturated heterocycles. The number of ether oxygens (including phenoxy) is 2. The molecular formula is C9H14O2. The van der Waals surface area contributed by atoms with Crippen molar-refractivity contribution in [3.63, 3.8) is 0 Å². The van der Waals surface area contributed by atoms with Crippen LogP contribution in [0.5, 0.6) is 0 Å². The van der Waals surface area contributed by atoms with E-state index in [1.165, 1.54) is 0 Å². The summed E-state index contributed by atoms with van der Waals surface area (Å²) in [6, 6.07) is 0. The Hall–Kier alpha value is -0.520. The summed E-state index contributed by atoms with van der Waals surface area (Å²) < 4.78 is 10.9. The maximum atomic E-state index is 5.47. The Morgan fingerprint density at radius 2 is 2.55 bits per heavy atom. The summed E-state index contributed by atoms with van der Waals surface area (Å²) >= 11 is 0. The molecular weight excluding hydrogens is 140 g/mol. The minimum Gasteiger partial charge on any atom is -0.350 e. The molecule has 1 aliphatic rings. The summed E-state index contributed by atoms with van der Waals surface area (Å²) in [6.45, 7) is 3.38. The van der Waals surface area contributed by atoms with Crippen LogP contribution >= 0.6 is 0 Å². The first-order valence-corrected chi connectivity index (χ1v) is 3.98. The molecule has 1 rings (SSSR count). The van der Waals surface area contributed by atoms with Crippen molar-refractivity contribution >= 4 is 0 Å². The van der Waals surface area contributed by atoms with Crippen LogP contribution in [0.4, 0.5) is 0 Å². The van der Waals surface area contributed by atoms with Gasteiger partial charge in [-0.1, -0.05) is 0 Å². The highest BCUT2D eigenvalue weighted by atomic mass is 16.7. The zero-order chi connectivity index (χ0) is 8.16. The van der Waals surface area contributed by atoms with Crippen molar-refractivity contribution in [2.75, 3.05) is 13.2 Å². The van der Waals surface area contributed by atoms with E-state index in [1.807, 2.05) is 6.92 Å². The number of rotatable bonds is 3. The quantitative estimate of drug-likeness (QED) is 0.453. The fraction of sp³-hybridized carbons (Fsp3) is 0.778. The van der Waals surface area contributed by atoms with E-state index in [9.17, 15) is 0 Å². The maximum absolute atomic E-state index is 5.47. The molecule has 1 aliphatic heterocycles. The van der Waals surface area contributed by atoms with Crippen molar-refractivity contribution in [2.24, 2.45) is 0 Å². The lowest BCUT2D eigenvalue weighted by Crippen LogP contribution is -2.27. The van der Waals surface area contributed by atoms with E-state index in [0.29, 0.717) is 13.0 Å². The Morgan fingerprint density at radius 3 is 3.09 bits per heavy atom. The monoisotopic (exact) mass is 154 g/mol. The molecule has 62 valence electrons. The highest BCUT2D eigenvalue weighted by Gasteiger charge is 2.29. The van der Waals surface area contributed by atoms with Gasteiger partial charge in [0, 0.05) is 12.8 Å². The Morgan fingerprint density at radius 1 is 1.73 bits per heavy atom. The molecule has 0 radical (unpaired) electrons. The van der Waals surface area contributed by atoms with Gasteiger partial charge in [0.15, 0.2) is 5.79 Å². The Bertz CT molecular complexity index is 151. The first kappa shape index (κ1) is 8.58. The second kappa shape index (κ2) is 3.75. The normalized spacial score (nSPS) is 30.2. The van der Waals surface area contributed by atoms with Gasteiger partial charge >= 0.3 is 0 Å². The molecule has 1 fully saturated rings. The first-order valence-electron chi connectivity index (χ1n) is 3.98. The van der Waals surface area contributed by atoms with Crippen LogP contribution in [0.25, 0.3) is 0 Å². The lowest BCUT2D eigenvalue weighted by Gasteiger charge is -2.22. The second-order valence-corrected chi connectivity index (χ2v) is 2.89. The van der Waals surface area contributed by atoms with E-state index in [1.54, 1.807) is 0 Å². The van der Waals surface area contributed by atoms with Gasteiger partial charge in [0.1, 0.15) is 0 Å². The van der Waals surface area contributed by atoms with Crippen molar-refractivity contribution in [1.82, 2.24) is 0 Å². The molecule has 1 unspecified atom stereocenters. The lowest BCUT2D eigenvalue weighted by molar-refractivity contribution is -0.195. The third kappa shape index (κ3) is 2.53. The molecule has 0 amide bonds. The van der Waals surface area contributed by atoms with Crippen molar-refractivity contribution in [3.8, 4) is 12.3 Å². The van der Waals surface area contributed by atoms with Crippen LogP contribution in [0.2, 0.25) is 0 Å². The van der Waals surface area contributed by atoms with Crippen LogP contribution in [-0.2, 0) is 9.47 Å². The fourth-order valence-corrected chi connectivity index (χ4v) is 1.19. The average Bonchev–Trinajstić information content (AvgIpc) is 2.38. The third-order valence-electron chi connectivity index (χ3n) is 1.84. The van der Waals surface area contributed by atoms with Crippen LogP contribution in [0, 0.1) is 12.3 Å².